The molecule has 0 aliphatic carbocycles. The predicted octanol–water partition coefficient (Wildman–Crippen LogP) is 1.58. The van der Waals surface area contributed by atoms with Crippen LogP contribution in [0.1, 0.15) is 5.56 Å². The second-order valence-corrected chi connectivity index (χ2v) is 2.34. The summed E-state index contributed by atoms with van der Waals surface area (Å²) in [6, 6.07) is 1.18. The Balaban J connectivity index is 2.98. The van der Waals surface area contributed by atoms with E-state index in [0.717, 1.165) is 6.20 Å². The number of alkyl halides is 3. The Hall–Kier alpha value is -1.37. The van der Waals surface area contributed by atoms with E-state index in [0.29, 0.717) is 0 Å². The van der Waals surface area contributed by atoms with Crippen LogP contribution in [0.5, 0.6) is 5.88 Å². The highest BCUT2D eigenvalue weighted by Crippen LogP contribution is 2.24. The Labute approximate surface area is 76.5 Å². The van der Waals surface area contributed by atoms with Crippen LogP contribution in [0.15, 0.2) is 12.3 Å². The van der Waals surface area contributed by atoms with E-state index in [1.807, 2.05) is 0 Å². The Morgan fingerprint density at radius 3 is 2.57 bits per heavy atom. The highest BCUT2D eigenvalue weighted by atomic mass is 19.4. The second-order valence-electron chi connectivity index (χ2n) is 2.34. The highest BCUT2D eigenvalue weighted by Gasteiger charge is 2.33. The van der Waals surface area contributed by atoms with Crippen LogP contribution in [0, 0.1) is 5.82 Å². The van der Waals surface area contributed by atoms with Crippen molar-refractivity contribution >= 4 is 0 Å². The van der Waals surface area contributed by atoms with Gasteiger partial charge in [-0.25, -0.2) is 9.37 Å². The molecule has 7 heteroatoms. The first kappa shape index (κ1) is 10.7. The monoisotopic (exact) mass is 210 g/mol. The first-order valence-corrected chi connectivity index (χ1v) is 3.53. The fourth-order valence-electron chi connectivity index (χ4n) is 0.801. The molecule has 0 radical (unpaired) electrons. The summed E-state index contributed by atoms with van der Waals surface area (Å²) in [5.41, 5.74) is 4.99. The summed E-state index contributed by atoms with van der Waals surface area (Å²) in [5.74, 6) is -2.30. The van der Waals surface area contributed by atoms with Crippen molar-refractivity contribution in [2.75, 3.05) is 0 Å². The van der Waals surface area contributed by atoms with Crippen LogP contribution in [0.3, 0.4) is 0 Å². The summed E-state index contributed by atoms with van der Waals surface area (Å²) in [5, 5.41) is 0. The number of pyridine rings is 1. The Morgan fingerprint density at radius 2 is 2.07 bits per heavy atom. The van der Waals surface area contributed by atoms with Crippen LogP contribution in [-0.2, 0) is 6.54 Å². The molecular weight excluding hydrogens is 204 g/mol. The van der Waals surface area contributed by atoms with E-state index in [2.05, 4.69) is 9.72 Å². The molecule has 1 rings (SSSR count). The molecule has 3 nitrogen and oxygen atoms in total. The quantitative estimate of drug-likeness (QED) is 0.754. The highest BCUT2D eigenvalue weighted by molar-refractivity contribution is 5.23. The van der Waals surface area contributed by atoms with Gasteiger partial charge in [0.25, 0.3) is 5.88 Å². The van der Waals surface area contributed by atoms with Gasteiger partial charge >= 0.3 is 6.36 Å². The van der Waals surface area contributed by atoms with E-state index in [-0.39, 0.29) is 12.1 Å². The minimum atomic E-state index is -4.96. The SMILES string of the molecule is NCc1ccnc(OC(F)(F)F)c1F. The minimum Gasteiger partial charge on any atom is -0.385 e. The van der Waals surface area contributed by atoms with Gasteiger partial charge in [0.05, 0.1) is 0 Å². The molecule has 0 aliphatic rings. The van der Waals surface area contributed by atoms with Gasteiger partial charge in [0.2, 0.25) is 0 Å². The smallest absolute Gasteiger partial charge is 0.385 e. The summed E-state index contributed by atoms with van der Waals surface area (Å²) < 4.78 is 51.5. The molecule has 78 valence electrons. The lowest BCUT2D eigenvalue weighted by atomic mass is 10.2. The van der Waals surface area contributed by atoms with Crippen LogP contribution >= 0.6 is 0 Å². The maximum Gasteiger partial charge on any atom is 0.574 e. The predicted molar refractivity (Wildman–Crippen MR) is 38.8 cm³/mol. The van der Waals surface area contributed by atoms with Crippen LogP contribution in [0.25, 0.3) is 0 Å². The molecule has 0 aromatic carbocycles. The Morgan fingerprint density at radius 1 is 1.43 bits per heavy atom. The lowest BCUT2D eigenvalue weighted by molar-refractivity contribution is -0.277. The fourth-order valence-corrected chi connectivity index (χ4v) is 0.801. The average Bonchev–Trinajstić information content (AvgIpc) is 2.06. The van der Waals surface area contributed by atoms with Crippen molar-refractivity contribution in [3.05, 3.63) is 23.6 Å². The van der Waals surface area contributed by atoms with E-state index in [4.69, 9.17) is 5.73 Å². The summed E-state index contributed by atoms with van der Waals surface area (Å²) in [6.45, 7) is -0.220. The molecule has 2 N–H and O–H groups in total. The van der Waals surface area contributed by atoms with Crippen LogP contribution in [0.2, 0.25) is 0 Å². The molecule has 0 aliphatic heterocycles. The van der Waals surface area contributed by atoms with Gasteiger partial charge in [-0.1, -0.05) is 0 Å². The van der Waals surface area contributed by atoms with Gasteiger partial charge in [0.1, 0.15) is 0 Å². The van der Waals surface area contributed by atoms with Gasteiger partial charge in [-0.2, -0.15) is 0 Å². The molecule has 0 unspecified atom stereocenters. The molecule has 14 heavy (non-hydrogen) atoms. The standard InChI is InChI=1S/C7H6F4N2O/c8-5-4(3-12)1-2-13-6(5)14-7(9,10)11/h1-2H,3,12H2. The number of nitrogens with zero attached hydrogens (tertiary/aromatic N) is 1. The van der Waals surface area contributed by atoms with Crippen molar-refractivity contribution in [3.8, 4) is 5.88 Å². The average molecular weight is 210 g/mol. The number of rotatable bonds is 2. The van der Waals surface area contributed by atoms with Gasteiger partial charge in [0.15, 0.2) is 5.82 Å². The minimum absolute atomic E-state index is 0.0840. The Bertz CT molecular complexity index is 326. The van der Waals surface area contributed by atoms with Crippen molar-refractivity contribution in [2.24, 2.45) is 5.73 Å². The van der Waals surface area contributed by atoms with Crippen molar-refractivity contribution in [1.82, 2.24) is 4.98 Å². The van der Waals surface area contributed by atoms with Crippen molar-refractivity contribution in [3.63, 3.8) is 0 Å². The lowest BCUT2D eigenvalue weighted by Gasteiger charge is -2.09. The molecule has 1 aromatic rings. The van der Waals surface area contributed by atoms with E-state index in [1.54, 1.807) is 0 Å². The molecular formula is C7H6F4N2O. The van der Waals surface area contributed by atoms with Crippen molar-refractivity contribution in [2.45, 2.75) is 12.9 Å². The van der Waals surface area contributed by atoms with Crippen molar-refractivity contribution in [1.29, 1.82) is 0 Å². The van der Waals surface area contributed by atoms with E-state index in [9.17, 15) is 17.6 Å². The molecule has 0 bridgehead atoms. The van der Waals surface area contributed by atoms with E-state index >= 15 is 0 Å². The van der Waals surface area contributed by atoms with Gasteiger partial charge in [-0.05, 0) is 6.07 Å². The zero-order valence-corrected chi connectivity index (χ0v) is 6.81. The zero-order chi connectivity index (χ0) is 10.8. The molecule has 1 aromatic heterocycles. The molecule has 0 fully saturated rings. The molecule has 1 heterocycles. The van der Waals surface area contributed by atoms with Gasteiger partial charge < -0.3 is 10.5 Å². The first-order chi connectivity index (χ1) is 6.44. The van der Waals surface area contributed by atoms with Crippen LogP contribution in [0.4, 0.5) is 17.6 Å². The van der Waals surface area contributed by atoms with Gasteiger partial charge in [0, 0.05) is 18.3 Å². The molecule has 0 spiro atoms. The third-order valence-corrected chi connectivity index (χ3v) is 1.37. The number of hydrogen-bond acceptors (Lipinski definition) is 3. The summed E-state index contributed by atoms with van der Waals surface area (Å²) in [4.78, 5) is 3.10. The maximum atomic E-state index is 13.0. The third-order valence-electron chi connectivity index (χ3n) is 1.37. The van der Waals surface area contributed by atoms with E-state index < -0.39 is 18.1 Å². The maximum absolute atomic E-state index is 13.0. The zero-order valence-electron chi connectivity index (χ0n) is 6.81. The normalized spacial score (nSPS) is 11.5. The topological polar surface area (TPSA) is 48.1 Å². The van der Waals surface area contributed by atoms with Gasteiger partial charge in [-0.3, -0.25) is 0 Å². The number of aromatic nitrogens is 1. The Kier molecular flexibility index (Phi) is 2.90. The first-order valence-electron chi connectivity index (χ1n) is 3.53. The van der Waals surface area contributed by atoms with E-state index in [1.165, 1.54) is 6.07 Å². The molecule has 0 atom stereocenters. The largest absolute Gasteiger partial charge is 0.574 e. The molecule has 0 saturated carbocycles. The number of nitrogens with two attached hydrogens (primary N) is 1. The second kappa shape index (κ2) is 3.79. The summed E-state index contributed by atoms with van der Waals surface area (Å²) in [7, 11) is 0. The molecule has 0 amide bonds. The summed E-state index contributed by atoms with van der Waals surface area (Å²) >= 11 is 0. The third kappa shape index (κ3) is 2.56. The number of halogens is 4. The molecule has 0 saturated heterocycles. The summed E-state index contributed by atoms with van der Waals surface area (Å²) in [6.07, 6.45) is -3.96. The van der Waals surface area contributed by atoms with Crippen molar-refractivity contribution < 1.29 is 22.3 Å². The van der Waals surface area contributed by atoms with Crippen LogP contribution < -0.4 is 10.5 Å². The number of hydrogen-bond donors (Lipinski definition) is 1. The van der Waals surface area contributed by atoms with Gasteiger partial charge in [-0.15, -0.1) is 13.2 Å². The van der Waals surface area contributed by atoms with Crippen LogP contribution in [-0.4, -0.2) is 11.3 Å². The fraction of sp³-hybridized carbons (Fsp3) is 0.286. The lowest BCUT2D eigenvalue weighted by Crippen LogP contribution is -2.19. The number of ether oxygens (including phenoxy) is 1.